The summed E-state index contributed by atoms with van der Waals surface area (Å²) in [6.45, 7) is 13.0. The van der Waals surface area contributed by atoms with Gasteiger partial charge in [0, 0.05) is 60.0 Å². The van der Waals surface area contributed by atoms with Crippen LogP contribution in [0.15, 0.2) is 24.3 Å². The predicted octanol–water partition coefficient (Wildman–Crippen LogP) is 8.02. The average molecular weight is 708 g/mol. The summed E-state index contributed by atoms with van der Waals surface area (Å²) in [7, 11) is 0. The minimum atomic E-state index is -4.27. The fourth-order valence-corrected chi connectivity index (χ4v) is 9.43. The fraction of sp³-hybridized carbons (Fsp3) is 0.568. The van der Waals surface area contributed by atoms with Crippen LogP contribution in [0, 0.1) is 23.7 Å². The van der Waals surface area contributed by atoms with Crippen molar-refractivity contribution in [1.82, 2.24) is 24.8 Å². The van der Waals surface area contributed by atoms with Gasteiger partial charge in [0.05, 0.1) is 11.8 Å². The number of carbonyl (C=O) groups excluding carboxylic acids is 1. The van der Waals surface area contributed by atoms with Gasteiger partial charge in [-0.1, -0.05) is 13.0 Å². The zero-order chi connectivity index (χ0) is 35.6. The van der Waals surface area contributed by atoms with E-state index in [0.717, 1.165) is 80.5 Å². The Morgan fingerprint density at radius 1 is 1.12 bits per heavy atom. The third kappa shape index (κ3) is 6.89. The standard InChI is InChI=1S/C37H44F3N7O2S/c1-6-30-43-31(28-14-26(15-37(38,39)40)50-32(28)44-30)42-24-9-11-46(12-10-24)17-23-7-8-29-27(22(23)2)13-25(16-41)47(29)21-35-18-36(19-35,20-35)45-33(48)49-34(3,4)5/h7-8,13-14,24H,6,9-12,15,17-21H2,1-5H3,(H,45,48)(H,42,43,44). The number of thiophene rings is 1. The highest BCUT2D eigenvalue weighted by Crippen LogP contribution is 2.68. The number of hydrogen-bond acceptors (Lipinski definition) is 8. The summed E-state index contributed by atoms with van der Waals surface area (Å²) in [5.41, 5.74) is 3.51. The number of ether oxygens (including phenoxy) is 1. The quantitative estimate of drug-likeness (QED) is 0.181. The number of nitrogens with zero attached hydrogens (tertiary/aromatic N) is 5. The van der Waals surface area contributed by atoms with E-state index in [-0.39, 0.29) is 28.0 Å². The number of amides is 1. The fourth-order valence-electron chi connectivity index (χ4n) is 8.35. The number of alkyl carbamates (subject to hydrolysis) is 1. The van der Waals surface area contributed by atoms with Gasteiger partial charge in [-0.25, -0.2) is 14.8 Å². The Balaban J connectivity index is 0.983. The normalized spacial score (nSPS) is 22.6. The number of benzene rings is 1. The molecule has 1 saturated heterocycles. The molecule has 2 bridgehead atoms. The molecule has 4 heterocycles. The number of piperidine rings is 1. The van der Waals surface area contributed by atoms with Crippen LogP contribution in [0.25, 0.3) is 21.1 Å². The minimum absolute atomic E-state index is 0.0853. The molecule has 2 N–H and O–H groups in total. The summed E-state index contributed by atoms with van der Waals surface area (Å²) in [4.78, 5) is 24.8. The van der Waals surface area contributed by atoms with Gasteiger partial charge in [-0.2, -0.15) is 18.4 Å². The van der Waals surface area contributed by atoms with Crippen LogP contribution in [-0.2, 0) is 30.7 Å². The Morgan fingerprint density at radius 2 is 1.84 bits per heavy atom. The molecule has 3 aliphatic carbocycles. The molecular weight excluding hydrogens is 664 g/mol. The molecule has 0 spiro atoms. The van der Waals surface area contributed by atoms with E-state index in [1.165, 1.54) is 11.1 Å². The first-order valence-corrected chi connectivity index (χ1v) is 18.3. The first-order valence-electron chi connectivity index (χ1n) is 17.4. The summed E-state index contributed by atoms with van der Waals surface area (Å²) in [5, 5.41) is 18.5. The Labute approximate surface area is 294 Å². The summed E-state index contributed by atoms with van der Waals surface area (Å²) in [6.07, 6.45) is -0.554. The molecule has 0 unspecified atom stereocenters. The lowest BCUT2D eigenvalue weighted by molar-refractivity contribution is -0.160. The SMILES string of the molecule is CCc1nc(NC2CCN(Cc3ccc4c(cc(C#N)n4CC45CC(NC(=O)OC(C)(C)C)(C4)C5)c3C)CC2)c2cc(CC(F)(F)F)sc2n1. The van der Waals surface area contributed by atoms with E-state index in [2.05, 4.69) is 55.2 Å². The van der Waals surface area contributed by atoms with Crippen molar-refractivity contribution >= 4 is 44.4 Å². The van der Waals surface area contributed by atoms with Crippen LogP contribution in [0.4, 0.5) is 23.8 Å². The van der Waals surface area contributed by atoms with E-state index < -0.39 is 18.2 Å². The van der Waals surface area contributed by atoms with E-state index in [0.29, 0.717) is 34.0 Å². The van der Waals surface area contributed by atoms with Crippen molar-refractivity contribution in [2.75, 3.05) is 18.4 Å². The topological polar surface area (TPSA) is 108 Å². The second-order valence-corrected chi connectivity index (χ2v) is 16.8. The second kappa shape index (κ2) is 12.4. The lowest BCUT2D eigenvalue weighted by Crippen LogP contribution is -2.75. The first-order chi connectivity index (χ1) is 23.6. The van der Waals surface area contributed by atoms with Crippen molar-refractivity contribution in [1.29, 1.82) is 5.26 Å². The molecule has 4 aliphatic rings. The number of aromatic nitrogens is 3. The number of hydrogen-bond donors (Lipinski definition) is 2. The van der Waals surface area contributed by atoms with E-state index >= 15 is 0 Å². The Kier molecular flexibility index (Phi) is 8.57. The third-order valence-corrected chi connectivity index (χ3v) is 11.5. The van der Waals surface area contributed by atoms with Crippen LogP contribution in [0.2, 0.25) is 0 Å². The second-order valence-electron chi connectivity index (χ2n) is 15.7. The van der Waals surface area contributed by atoms with Crippen molar-refractivity contribution in [2.24, 2.45) is 5.41 Å². The molecule has 13 heteroatoms. The largest absolute Gasteiger partial charge is 0.444 e. The van der Waals surface area contributed by atoms with Gasteiger partial charge >= 0.3 is 12.3 Å². The molecule has 50 heavy (non-hydrogen) atoms. The average Bonchev–Trinajstić information content (AvgIpc) is 3.56. The number of carbonyl (C=O) groups is 1. The lowest BCUT2D eigenvalue weighted by atomic mass is 9.39. The van der Waals surface area contributed by atoms with E-state index in [9.17, 15) is 23.2 Å². The monoisotopic (exact) mass is 707 g/mol. The molecule has 4 fully saturated rings. The van der Waals surface area contributed by atoms with Crippen LogP contribution >= 0.6 is 11.3 Å². The zero-order valence-corrected chi connectivity index (χ0v) is 30.1. The summed E-state index contributed by atoms with van der Waals surface area (Å²) < 4.78 is 46.9. The van der Waals surface area contributed by atoms with Crippen molar-refractivity contribution in [3.8, 4) is 6.07 Å². The molecule has 1 amide bonds. The Morgan fingerprint density at radius 3 is 2.48 bits per heavy atom. The number of anilines is 1. The smallest absolute Gasteiger partial charge is 0.408 e. The molecule has 1 aliphatic heterocycles. The third-order valence-electron chi connectivity index (χ3n) is 10.5. The number of nitriles is 1. The maximum absolute atomic E-state index is 13.1. The number of fused-ring (bicyclic) bond motifs is 2. The minimum Gasteiger partial charge on any atom is -0.444 e. The number of aryl methyl sites for hydroxylation is 2. The van der Waals surface area contributed by atoms with Gasteiger partial charge in [-0.15, -0.1) is 11.3 Å². The van der Waals surface area contributed by atoms with Crippen molar-refractivity contribution in [2.45, 2.75) is 116 Å². The van der Waals surface area contributed by atoms with Crippen LogP contribution < -0.4 is 10.6 Å². The summed E-state index contributed by atoms with van der Waals surface area (Å²) in [5.74, 6) is 1.25. The van der Waals surface area contributed by atoms with E-state index in [1.54, 1.807) is 6.07 Å². The van der Waals surface area contributed by atoms with Crippen molar-refractivity contribution in [3.05, 3.63) is 51.8 Å². The highest BCUT2D eigenvalue weighted by atomic mass is 32.1. The van der Waals surface area contributed by atoms with Crippen LogP contribution in [0.5, 0.6) is 0 Å². The van der Waals surface area contributed by atoms with Crippen molar-refractivity contribution in [3.63, 3.8) is 0 Å². The molecule has 3 saturated carbocycles. The predicted molar refractivity (Wildman–Crippen MR) is 188 cm³/mol. The Bertz CT molecular complexity index is 1980. The molecule has 1 aromatic carbocycles. The maximum Gasteiger partial charge on any atom is 0.408 e. The van der Waals surface area contributed by atoms with Gasteiger partial charge in [0.25, 0.3) is 0 Å². The van der Waals surface area contributed by atoms with Gasteiger partial charge < -0.3 is 19.9 Å². The molecule has 8 rings (SSSR count). The summed E-state index contributed by atoms with van der Waals surface area (Å²) >= 11 is 1.09. The maximum atomic E-state index is 13.1. The molecule has 4 aromatic rings. The zero-order valence-electron chi connectivity index (χ0n) is 29.3. The number of nitrogens with one attached hydrogen (secondary N) is 2. The number of alkyl halides is 3. The molecule has 0 radical (unpaired) electrons. The van der Waals surface area contributed by atoms with Crippen molar-refractivity contribution < 1.29 is 22.7 Å². The number of likely N-dealkylation sites (tertiary alicyclic amines) is 1. The molecule has 266 valence electrons. The number of halogens is 3. The van der Waals surface area contributed by atoms with Crippen LogP contribution in [0.3, 0.4) is 0 Å². The van der Waals surface area contributed by atoms with Gasteiger partial charge in [0.1, 0.15) is 33.8 Å². The van der Waals surface area contributed by atoms with E-state index in [1.807, 2.05) is 33.8 Å². The van der Waals surface area contributed by atoms with E-state index in [4.69, 9.17) is 4.74 Å². The lowest BCUT2D eigenvalue weighted by Gasteiger charge is -2.70. The highest BCUT2D eigenvalue weighted by Gasteiger charge is 2.68. The van der Waals surface area contributed by atoms with Gasteiger partial charge in [0.15, 0.2) is 0 Å². The molecule has 0 atom stereocenters. The summed E-state index contributed by atoms with van der Waals surface area (Å²) in [6, 6.07) is 10.5. The Hall–Kier alpha value is -3.89. The number of rotatable bonds is 9. The molecule has 3 aromatic heterocycles. The first kappa shape index (κ1) is 34.6. The van der Waals surface area contributed by atoms with Gasteiger partial charge in [0.2, 0.25) is 0 Å². The van der Waals surface area contributed by atoms with Gasteiger partial charge in [-0.3, -0.25) is 4.90 Å². The van der Waals surface area contributed by atoms with Crippen LogP contribution in [0.1, 0.15) is 87.3 Å². The molecular formula is C37H44F3N7O2S. The molecule has 9 nitrogen and oxygen atoms in total. The highest BCUT2D eigenvalue weighted by molar-refractivity contribution is 7.18. The van der Waals surface area contributed by atoms with Gasteiger partial charge in [-0.05, 0) is 94.5 Å². The van der Waals surface area contributed by atoms with Crippen LogP contribution in [-0.4, -0.2) is 62.0 Å².